The van der Waals surface area contributed by atoms with Crippen LogP contribution in [0.4, 0.5) is 17.1 Å². The minimum absolute atomic E-state index is 0.0812. The molecule has 1 aromatic heterocycles. The largest absolute Gasteiger partial charge is 0.497 e. The Hall–Kier alpha value is -4.38. The van der Waals surface area contributed by atoms with E-state index in [2.05, 4.69) is 20.2 Å². The smallest absolute Gasteiger partial charge is 0.270 e. The number of nitrogens with one attached hydrogen (secondary N) is 3. The van der Waals surface area contributed by atoms with Gasteiger partial charge in [0.15, 0.2) is 0 Å². The van der Waals surface area contributed by atoms with E-state index in [-0.39, 0.29) is 22.0 Å². The van der Waals surface area contributed by atoms with Crippen LogP contribution in [0.3, 0.4) is 0 Å². The average Bonchev–Trinajstić information content (AvgIpc) is 3.22. The number of nitro groups is 1. The lowest BCUT2D eigenvalue weighted by molar-refractivity contribution is -0.385. The van der Waals surface area contributed by atoms with Gasteiger partial charge in [-0.25, -0.2) is 8.42 Å². The zero-order chi connectivity index (χ0) is 23.4. The molecule has 0 fully saturated rings. The Kier molecular flexibility index (Phi) is 5.96. The lowest BCUT2D eigenvalue weighted by Crippen LogP contribution is -2.15. The Labute approximate surface area is 189 Å². The summed E-state index contributed by atoms with van der Waals surface area (Å²) in [7, 11) is -2.68. The third-order valence-electron chi connectivity index (χ3n) is 4.82. The number of H-pyrrole nitrogens is 1. The standard InChI is InChI=1S/C22H19N5O5S/c1-32-18-9-6-16(7-10-18)26-33(30,31)22-12-17(27(28)29)8-11-21(22)25-24-14-15-13-23-20-5-3-2-4-19(15)20/h2-14,23,25-26H,1H3/b24-14+. The van der Waals surface area contributed by atoms with Crippen molar-refractivity contribution in [3.05, 3.63) is 88.6 Å². The molecule has 0 aliphatic rings. The molecule has 4 aromatic rings. The van der Waals surface area contributed by atoms with Crippen molar-refractivity contribution in [1.82, 2.24) is 4.98 Å². The number of ether oxygens (including phenoxy) is 1. The average molecular weight is 465 g/mol. The monoisotopic (exact) mass is 465 g/mol. The van der Waals surface area contributed by atoms with Crippen molar-refractivity contribution in [1.29, 1.82) is 0 Å². The molecule has 3 aromatic carbocycles. The van der Waals surface area contributed by atoms with Crippen LogP contribution in [0.25, 0.3) is 10.9 Å². The van der Waals surface area contributed by atoms with Crippen LogP contribution in [-0.2, 0) is 10.0 Å². The molecule has 1 heterocycles. The van der Waals surface area contributed by atoms with Crippen molar-refractivity contribution >= 4 is 44.2 Å². The summed E-state index contributed by atoms with van der Waals surface area (Å²) in [5.41, 5.74) is 4.40. The van der Waals surface area contributed by atoms with Gasteiger partial charge >= 0.3 is 0 Å². The molecule has 0 radical (unpaired) electrons. The summed E-state index contributed by atoms with van der Waals surface area (Å²) in [4.78, 5) is 13.4. The van der Waals surface area contributed by atoms with E-state index in [0.717, 1.165) is 22.5 Å². The highest BCUT2D eigenvalue weighted by Gasteiger charge is 2.22. The third kappa shape index (κ3) is 4.77. The first-order chi connectivity index (χ1) is 15.9. The molecule has 3 N–H and O–H groups in total. The van der Waals surface area contributed by atoms with Crippen molar-refractivity contribution in [2.45, 2.75) is 4.90 Å². The van der Waals surface area contributed by atoms with Gasteiger partial charge in [0.1, 0.15) is 10.6 Å². The highest BCUT2D eigenvalue weighted by molar-refractivity contribution is 7.92. The normalized spacial score (nSPS) is 11.5. The Bertz CT molecular complexity index is 1450. The molecule has 0 bridgehead atoms. The highest BCUT2D eigenvalue weighted by Crippen LogP contribution is 2.29. The van der Waals surface area contributed by atoms with Gasteiger partial charge in [-0.15, -0.1) is 0 Å². The Morgan fingerprint density at radius 2 is 1.85 bits per heavy atom. The number of hydrogen-bond acceptors (Lipinski definition) is 7. The summed E-state index contributed by atoms with van der Waals surface area (Å²) in [5, 5.41) is 16.3. The van der Waals surface area contributed by atoms with E-state index in [9.17, 15) is 18.5 Å². The molecular weight excluding hydrogens is 446 g/mol. The lowest BCUT2D eigenvalue weighted by Gasteiger charge is -2.12. The van der Waals surface area contributed by atoms with Crippen molar-refractivity contribution in [3.8, 4) is 5.75 Å². The zero-order valence-electron chi connectivity index (χ0n) is 17.3. The van der Waals surface area contributed by atoms with E-state index in [1.54, 1.807) is 18.3 Å². The third-order valence-corrected chi connectivity index (χ3v) is 6.24. The Morgan fingerprint density at radius 1 is 1.09 bits per heavy atom. The quantitative estimate of drug-likeness (QED) is 0.201. The van der Waals surface area contributed by atoms with Crippen LogP contribution in [0.2, 0.25) is 0 Å². The number of fused-ring (bicyclic) bond motifs is 1. The molecule has 0 spiro atoms. The van der Waals surface area contributed by atoms with Gasteiger partial charge < -0.3 is 9.72 Å². The second-order valence-corrected chi connectivity index (χ2v) is 8.58. The molecule has 4 rings (SSSR count). The number of rotatable bonds is 8. The first-order valence-corrected chi connectivity index (χ1v) is 11.2. The van der Waals surface area contributed by atoms with E-state index in [0.29, 0.717) is 5.75 Å². The SMILES string of the molecule is COc1ccc(NS(=O)(=O)c2cc([N+](=O)[O-])ccc2N/N=C/c2c[nH]c3ccccc23)cc1. The number of aromatic nitrogens is 1. The van der Waals surface area contributed by atoms with E-state index in [1.807, 2.05) is 24.3 Å². The maximum atomic E-state index is 13.1. The predicted molar refractivity (Wildman–Crippen MR) is 126 cm³/mol. The summed E-state index contributed by atoms with van der Waals surface area (Å²) < 4.78 is 33.6. The maximum Gasteiger partial charge on any atom is 0.270 e. The van der Waals surface area contributed by atoms with Gasteiger partial charge in [-0.05, 0) is 36.4 Å². The molecule has 0 aliphatic heterocycles. The predicted octanol–water partition coefficient (Wildman–Crippen LogP) is 4.33. The zero-order valence-corrected chi connectivity index (χ0v) is 18.2. The van der Waals surface area contributed by atoms with Crippen molar-refractivity contribution < 1.29 is 18.1 Å². The minimum Gasteiger partial charge on any atom is -0.497 e. The number of sulfonamides is 1. The fourth-order valence-electron chi connectivity index (χ4n) is 3.18. The maximum absolute atomic E-state index is 13.1. The van der Waals surface area contributed by atoms with Crippen LogP contribution in [-0.4, -0.2) is 31.6 Å². The van der Waals surface area contributed by atoms with Crippen LogP contribution >= 0.6 is 0 Å². The lowest BCUT2D eigenvalue weighted by atomic mass is 10.2. The summed E-state index contributed by atoms with van der Waals surface area (Å²) in [6.45, 7) is 0. The van der Waals surface area contributed by atoms with E-state index >= 15 is 0 Å². The van der Waals surface area contributed by atoms with Crippen LogP contribution < -0.4 is 14.9 Å². The summed E-state index contributed by atoms with van der Waals surface area (Å²) in [5.74, 6) is 0.558. The molecular formula is C22H19N5O5S. The highest BCUT2D eigenvalue weighted by atomic mass is 32.2. The molecule has 33 heavy (non-hydrogen) atoms. The molecule has 0 saturated carbocycles. The summed E-state index contributed by atoms with van der Waals surface area (Å²) >= 11 is 0. The van der Waals surface area contributed by atoms with E-state index in [4.69, 9.17) is 4.74 Å². The number of anilines is 2. The number of methoxy groups -OCH3 is 1. The summed E-state index contributed by atoms with van der Waals surface area (Å²) in [6, 6.07) is 17.4. The molecule has 0 amide bonds. The first kappa shape index (κ1) is 21.8. The molecule has 0 unspecified atom stereocenters. The van der Waals surface area contributed by atoms with E-state index < -0.39 is 14.9 Å². The van der Waals surface area contributed by atoms with Crippen LogP contribution in [0.5, 0.6) is 5.75 Å². The van der Waals surface area contributed by atoms with Crippen LogP contribution in [0.1, 0.15) is 5.56 Å². The first-order valence-electron chi connectivity index (χ1n) is 9.68. The molecule has 11 heteroatoms. The molecule has 0 atom stereocenters. The second kappa shape index (κ2) is 9.01. The van der Waals surface area contributed by atoms with Gasteiger partial charge in [-0.3, -0.25) is 20.3 Å². The number of hydrogen-bond donors (Lipinski definition) is 3. The van der Waals surface area contributed by atoms with E-state index in [1.165, 1.54) is 37.6 Å². The van der Waals surface area contributed by atoms with Gasteiger partial charge in [-0.2, -0.15) is 5.10 Å². The number of nitro benzene ring substituents is 1. The number of aromatic amines is 1. The van der Waals surface area contributed by atoms with Crippen molar-refractivity contribution in [2.75, 3.05) is 17.3 Å². The van der Waals surface area contributed by atoms with Crippen molar-refractivity contribution in [3.63, 3.8) is 0 Å². The van der Waals surface area contributed by atoms with Crippen LogP contribution in [0, 0.1) is 10.1 Å². The molecule has 0 saturated heterocycles. The fraction of sp³-hybridized carbons (Fsp3) is 0.0455. The van der Waals surface area contributed by atoms with Crippen molar-refractivity contribution in [2.24, 2.45) is 5.10 Å². The Balaban J connectivity index is 1.64. The van der Waals surface area contributed by atoms with Gasteiger partial charge in [0.25, 0.3) is 15.7 Å². The second-order valence-electron chi connectivity index (χ2n) is 6.93. The number of nitrogens with zero attached hydrogens (tertiary/aromatic N) is 2. The fourth-order valence-corrected chi connectivity index (χ4v) is 4.42. The molecule has 10 nitrogen and oxygen atoms in total. The number of para-hydroxylation sites is 1. The van der Waals surface area contributed by atoms with Gasteiger partial charge in [0.05, 0.1) is 23.9 Å². The molecule has 0 aliphatic carbocycles. The van der Waals surface area contributed by atoms with Crippen LogP contribution in [0.15, 0.2) is 82.9 Å². The van der Waals surface area contributed by atoms with Gasteiger partial charge in [-0.1, -0.05) is 18.2 Å². The number of benzene rings is 3. The van der Waals surface area contributed by atoms with Gasteiger partial charge in [0, 0.05) is 40.5 Å². The summed E-state index contributed by atoms with van der Waals surface area (Å²) in [6.07, 6.45) is 3.31. The topological polar surface area (TPSA) is 139 Å². The number of non-ortho nitro benzene ring substituents is 1. The minimum atomic E-state index is -4.18. The number of hydrazone groups is 1. The molecule has 168 valence electrons. The Morgan fingerprint density at radius 3 is 2.58 bits per heavy atom. The van der Waals surface area contributed by atoms with Gasteiger partial charge in [0.2, 0.25) is 0 Å².